The van der Waals surface area contributed by atoms with Crippen LogP contribution in [-0.4, -0.2) is 41.3 Å². The molecule has 5 rings (SSSR count). The molecule has 2 fully saturated rings. The molecular weight excluding hydrogens is 382 g/mol. The Labute approximate surface area is 175 Å². The van der Waals surface area contributed by atoms with Gasteiger partial charge in [0, 0.05) is 12.1 Å². The summed E-state index contributed by atoms with van der Waals surface area (Å²) in [6.45, 7) is 4.13. The number of hydrogen-bond acceptors (Lipinski definition) is 5. The first kappa shape index (κ1) is 19.1. The Kier molecular flexibility index (Phi) is 4.50. The van der Waals surface area contributed by atoms with Crippen LogP contribution in [0.5, 0.6) is 0 Å². The minimum absolute atomic E-state index is 0.00237. The van der Waals surface area contributed by atoms with E-state index in [2.05, 4.69) is 22.6 Å². The average molecular weight is 407 g/mol. The summed E-state index contributed by atoms with van der Waals surface area (Å²) in [7, 11) is 0. The lowest BCUT2D eigenvalue weighted by atomic mass is 9.76. The van der Waals surface area contributed by atoms with E-state index in [0.717, 1.165) is 12.8 Å². The van der Waals surface area contributed by atoms with E-state index in [-0.39, 0.29) is 24.0 Å². The van der Waals surface area contributed by atoms with Crippen LogP contribution in [-0.2, 0) is 20.7 Å². The Hall–Kier alpha value is -2.93. The van der Waals surface area contributed by atoms with Gasteiger partial charge in [-0.2, -0.15) is 0 Å². The first-order valence-electron chi connectivity index (χ1n) is 10.4. The highest BCUT2D eigenvalue weighted by Gasteiger charge is 2.67. The standard InChI is InChI=1S/C23H25N3O4/c1-14(8-9-16-6-4-3-5-7-16)24-21(27)19-17-10-11-23(29-17)13-26(22(28)20(19)23)18-12-15(2)30-25-18/h3-7,10-12,14,17,19-20H,8-9,13H2,1-2H3,(H,24,27)/t14?,17-,19?,20?,23?/m1/s1. The highest BCUT2D eigenvalue weighted by molar-refractivity contribution is 6.02. The van der Waals surface area contributed by atoms with Gasteiger partial charge in [-0.05, 0) is 32.3 Å². The maximum Gasteiger partial charge on any atom is 0.235 e. The van der Waals surface area contributed by atoms with Gasteiger partial charge >= 0.3 is 0 Å². The summed E-state index contributed by atoms with van der Waals surface area (Å²) < 4.78 is 11.3. The summed E-state index contributed by atoms with van der Waals surface area (Å²) in [5.74, 6) is -0.215. The lowest BCUT2D eigenvalue weighted by Gasteiger charge is -2.25. The molecule has 2 aromatic rings. The van der Waals surface area contributed by atoms with Gasteiger partial charge in [0.2, 0.25) is 11.8 Å². The van der Waals surface area contributed by atoms with Crippen molar-refractivity contribution in [2.24, 2.45) is 11.8 Å². The van der Waals surface area contributed by atoms with Crippen LogP contribution in [0.3, 0.4) is 0 Å². The van der Waals surface area contributed by atoms with Gasteiger partial charge in [-0.15, -0.1) is 0 Å². The van der Waals surface area contributed by atoms with Crippen LogP contribution in [0.15, 0.2) is 53.1 Å². The van der Waals surface area contributed by atoms with Gasteiger partial charge in [-0.3, -0.25) is 14.5 Å². The van der Waals surface area contributed by atoms with Gasteiger partial charge in [0.25, 0.3) is 0 Å². The van der Waals surface area contributed by atoms with E-state index in [4.69, 9.17) is 9.26 Å². The summed E-state index contributed by atoms with van der Waals surface area (Å²) in [5.41, 5.74) is 0.484. The lowest BCUT2D eigenvalue weighted by molar-refractivity contribution is -0.132. The van der Waals surface area contributed by atoms with Gasteiger partial charge in [0.15, 0.2) is 5.82 Å². The van der Waals surface area contributed by atoms with Crippen LogP contribution >= 0.6 is 0 Å². The number of amides is 2. The predicted octanol–water partition coefficient (Wildman–Crippen LogP) is 2.41. The van der Waals surface area contributed by atoms with Crippen molar-refractivity contribution in [3.05, 3.63) is 59.9 Å². The Bertz CT molecular complexity index is 1000. The molecule has 1 N–H and O–H groups in total. The summed E-state index contributed by atoms with van der Waals surface area (Å²) in [5, 5.41) is 7.08. The number of rotatable bonds is 6. The van der Waals surface area contributed by atoms with Crippen molar-refractivity contribution >= 4 is 17.6 Å². The normalized spacial score (nSPS) is 30.0. The number of fused-ring (bicyclic) bond motifs is 1. The smallest absolute Gasteiger partial charge is 0.235 e. The van der Waals surface area contributed by atoms with Gasteiger partial charge in [-0.25, -0.2) is 0 Å². The highest BCUT2D eigenvalue weighted by Crippen LogP contribution is 2.52. The predicted molar refractivity (Wildman–Crippen MR) is 110 cm³/mol. The molecule has 4 heterocycles. The summed E-state index contributed by atoms with van der Waals surface area (Å²) in [6, 6.07) is 11.9. The molecule has 3 aliphatic heterocycles. The molecule has 1 spiro atoms. The lowest BCUT2D eigenvalue weighted by Crippen LogP contribution is -2.46. The first-order chi connectivity index (χ1) is 14.5. The van der Waals surface area contributed by atoms with Crippen molar-refractivity contribution in [2.75, 3.05) is 11.4 Å². The monoisotopic (exact) mass is 407 g/mol. The molecule has 30 heavy (non-hydrogen) atoms. The van der Waals surface area contributed by atoms with E-state index in [9.17, 15) is 9.59 Å². The van der Waals surface area contributed by atoms with Crippen molar-refractivity contribution in [1.82, 2.24) is 10.5 Å². The van der Waals surface area contributed by atoms with Crippen LogP contribution in [0.1, 0.15) is 24.7 Å². The van der Waals surface area contributed by atoms with E-state index in [1.165, 1.54) is 5.56 Å². The molecule has 156 valence electrons. The van der Waals surface area contributed by atoms with Crippen LogP contribution < -0.4 is 10.2 Å². The number of carbonyl (C=O) groups excluding carboxylic acids is 2. The van der Waals surface area contributed by atoms with E-state index >= 15 is 0 Å². The third-order valence-electron chi connectivity index (χ3n) is 6.39. The largest absolute Gasteiger partial charge is 0.360 e. The summed E-state index contributed by atoms with van der Waals surface area (Å²) in [4.78, 5) is 28.0. The van der Waals surface area contributed by atoms with E-state index in [1.807, 2.05) is 37.3 Å². The molecule has 1 aromatic carbocycles. The molecule has 4 unspecified atom stereocenters. The van der Waals surface area contributed by atoms with Crippen molar-refractivity contribution < 1.29 is 18.8 Å². The van der Waals surface area contributed by atoms with Gasteiger partial charge in [0.05, 0.1) is 24.5 Å². The number of aromatic nitrogens is 1. The molecule has 2 amide bonds. The number of hydrogen-bond donors (Lipinski definition) is 1. The Morgan fingerprint density at radius 2 is 2.17 bits per heavy atom. The van der Waals surface area contributed by atoms with Crippen molar-refractivity contribution in [3.8, 4) is 0 Å². The zero-order valence-corrected chi connectivity index (χ0v) is 17.1. The van der Waals surface area contributed by atoms with Crippen molar-refractivity contribution in [3.63, 3.8) is 0 Å². The van der Waals surface area contributed by atoms with E-state index in [1.54, 1.807) is 17.9 Å². The van der Waals surface area contributed by atoms with Gasteiger partial charge < -0.3 is 14.6 Å². The molecule has 2 saturated heterocycles. The number of nitrogens with zero attached hydrogens (tertiary/aromatic N) is 2. The molecule has 0 aliphatic carbocycles. The maximum atomic E-state index is 13.2. The second-order valence-electron chi connectivity index (χ2n) is 8.55. The highest BCUT2D eigenvalue weighted by atomic mass is 16.5. The van der Waals surface area contributed by atoms with E-state index < -0.39 is 17.4 Å². The third kappa shape index (κ3) is 3.04. The number of anilines is 1. The molecule has 2 bridgehead atoms. The summed E-state index contributed by atoms with van der Waals surface area (Å²) >= 11 is 0. The van der Waals surface area contributed by atoms with Crippen LogP contribution in [0.4, 0.5) is 5.82 Å². The van der Waals surface area contributed by atoms with E-state index in [0.29, 0.717) is 18.1 Å². The molecule has 5 atom stereocenters. The molecule has 7 heteroatoms. The number of benzene rings is 1. The fraction of sp³-hybridized carbons (Fsp3) is 0.435. The molecule has 7 nitrogen and oxygen atoms in total. The zero-order valence-electron chi connectivity index (χ0n) is 17.1. The van der Waals surface area contributed by atoms with Crippen molar-refractivity contribution in [1.29, 1.82) is 0 Å². The molecule has 0 saturated carbocycles. The second-order valence-corrected chi connectivity index (χ2v) is 8.55. The number of nitrogens with one attached hydrogen (secondary N) is 1. The zero-order chi connectivity index (χ0) is 20.9. The first-order valence-corrected chi connectivity index (χ1v) is 10.4. The quantitative estimate of drug-likeness (QED) is 0.744. The minimum Gasteiger partial charge on any atom is -0.360 e. The fourth-order valence-electron chi connectivity index (χ4n) is 4.91. The molecule has 0 radical (unpaired) electrons. The Morgan fingerprint density at radius 1 is 1.37 bits per heavy atom. The molecular formula is C23H25N3O4. The topological polar surface area (TPSA) is 84.7 Å². The minimum atomic E-state index is -0.760. The van der Waals surface area contributed by atoms with Crippen LogP contribution in [0.25, 0.3) is 0 Å². The van der Waals surface area contributed by atoms with Crippen molar-refractivity contribution in [2.45, 2.75) is 44.4 Å². The van der Waals surface area contributed by atoms with Crippen LogP contribution in [0.2, 0.25) is 0 Å². The number of carbonyl (C=O) groups is 2. The van der Waals surface area contributed by atoms with Crippen LogP contribution in [0, 0.1) is 18.8 Å². The Morgan fingerprint density at radius 3 is 2.90 bits per heavy atom. The van der Waals surface area contributed by atoms with Gasteiger partial charge in [-0.1, -0.05) is 47.6 Å². The van der Waals surface area contributed by atoms with Gasteiger partial charge in [0.1, 0.15) is 11.4 Å². The average Bonchev–Trinajstić information content (AvgIpc) is 3.48. The fourth-order valence-corrected chi connectivity index (χ4v) is 4.91. The second kappa shape index (κ2) is 7.09. The molecule has 1 aromatic heterocycles. The molecule has 3 aliphatic rings. The SMILES string of the molecule is Cc1cc(N2CC34C=C[C@@H](O3)C(C(=O)NC(C)CCc3ccccc3)C4C2=O)no1. The maximum absolute atomic E-state index is 13.2. The number of ether oxygens (including phenoxy) is 1. The Balaban J connectivity index is 1.28. The number of aryl methyl sites for hydroxylation is 2. The summed E-state index contributed by atoms with van der Waals surface area (Å²) in [6.07, 6.45) is 5.22. The third-order valence-corrected chi connectivity index (χ3v) is 6.39.